The lowest BCUT2D eigenvalue weighted by Gasteiger charge is -1.93. The zero-order valence-corrected chi connectivity index (χ0v) is 11.0. The predicted molar refractivity (Wildman–Crippen MR) is 66.3 cm³/mol. The molecule has 1 N–H and O–H groups in total. The van der Waals surface area contributed by atoms with E-state index in [1.807, 2.05) is 34.6 Å². The first-order valence-corrected chi connectivity index (χ1v) is 5.73. The summed E-state index contributed by atoms with van der Waals surface area (Å²) in [6, 6.07) is 0. The highest BCUT2D eigenvalue weighted by Crippen LogP contribution is 2.22. The van der Waals surface area contributed by atoms with Crippen molar-refractivity contribution in [2.75, 3.05) is 0 Å². The monoisotopic (exact) mass is 245 g/mol. The average Bonchev–Trinajstić information content (AvgIpc) is 2.66. The lowest BCUT2D eigenvalue weighted by molar-refractivity contribution is 0.544. The van der Waals surface area contributed by atoms with Crippen molar-refractivity contribution in [3.05, 3.63) is 23.0 Å². The van der Waals surface area contributed by atoms with Crippen LogP contribution in [-0.2, 0) is 0 Å². The molecule has 2 aromatic rings. The fourth-order valence-corrected chi connectivity index (χ4v) is 1.42. The second-order valence-electron chi connectivity index (χ2n) is 2.48. The van der Waals surface area contributed by atoms with Crippen LogP contribution in [0.1, 0.15) is 33.3 Å². The number of fused-ring (bicyclic) bond motifs is 1. The molecular weight excluding hydrogens is 229 g/mol. The smallest absolute Gasteiger partial charge is 0.312 e. The normalized spacial score (nSPS) is 8.94. The molecule has 0 fully saturated rings. The number of nitrogens with one attached hydrogen (secondary N) is 1. The van der Waals surface area contributed by atoms with Gasteiger partial charge in [-0.1, -0.05) is 39.3 Å². The van der Waals surface area contributed by atoms with Crippen LogP contribution in [0, 0.1) is 13.0 Å². The minimum atomic E-state index is -0.811. The molecule has 0 aliphatic rings. The Kier molecular flexibility index (Phi) is 6.65. The zero-order valence-electron chi connectivity index (χ0n) is 10.2. The third-order valence-electron chi connectivity index (χ3n) is 1.66. The molecule has 2 aromatic heterocycles. The van der Waals surface area contributed by atoms with Crippen molar-refractivity contribution in [3.63, 3.8) is 0 Å². The van der Waals surface area contributed by atoms with Gasteiger partial charge in [-0.05, 0) is 12.5 Å². The van der Waals surface area contributed by atoms with Crippen LogP contribution in [0.15, 0.2) is 6.20 Å². The summed E-state index contributed by atoms with van der Waals surface area (Å²) in [6.07, 6.45) is 0.902. The number of nitrogens with zero attached hydrogens (tertiary/aromatic N) is 2. The fraction of sp³-hybridized carbons (Fsp3) is 0.455. The van der Waals surface area contributed by atoms with Crippen LogP contribution in [0.2, 0.25) is 5.15 Å². The molecule has 0 spiro atoms. The Hall–Kier alpha value is -1.16. The van der Waals surface area contributed by atoms with E-state index in [4.69, 9.17) is 11.6 Å². The highest BCUT2D eigenvalue weighted by molar-refractivity contribution is 6.34. The Morgan fingerprint density at radius 2 is 1.75 bits per heavy atom. The standard InChI is InChI=1S/C7H5ClFN3.2C2H6/c1-3-2-10-6-4(3)5(8)11-7(9)12-6;2*1-2/h2H,1H3,(H,10,11,12);2*1-2H3. The van der Waals surface area contributed by atoms with Crippen LogP contribution in [0.4, 0.5) is 4.39 Å². The van der Waals surface area contributed by atoms with Crippen molar-refractivity contribution < 1.29 is 4.39 Å². The number of aromatic nitrogens is 3. The van der Waals surface area contributed by atoms with Gasteiger partial charge < -0.3 is 4.98 Å². The summed E-state index contributed by atoms with van der Waals surface area (Å²) >= 11 is 5.70. The summed E-state index contributed by atoms with van der Waals surface area (Å²) in [5.74, 6) is 0. The molecule has 0 atom stereocenters. The zero-order chi connectivity index (χ0) is 12.7. The fourth-order valence-electron chi connectivity index (χ4n) is 1.11. The number of H-pyrrole nitrogens is 1. The molecule has 0 aliphatic carbocycles. The summed E-state index contributed by atoms with van der Waals surface area (Å²) in [5.41, 5.74) is 1.35. The van der Waals surface area contributed by atoms with Gasteiger partial charge in [-0.2, -0.15) is 14.4 Å². The third-order valence-corrected chi connectivity index (χ3v) is 1.93. The molecule has 90 valence electrons. The summed E-state index contributed by atoms with van der Waals surface area (Å²) in [7, 11) is 0. The number of halogens is 2. The van der Waals surface area contributed by atoms with Gasteiger partial charge >= 0.3 is 6.08 Å². The van der Waals surface area contributed by atoms with Gasteiger partial charge in [0.15, 0.2) is 0 Å². The van der Waals surface area contributed by atoms with E-state index in [9.17, 15) is 4.39 Å². The molecule has 2 heterocycles. The molecular formula is C11H17ClFN3. The Labute approximate surface area is 100 Å². The minimum Gasteiger partial charge on any atom is -0.346 e. The maximum absolute atomic E-state index is 12.6. The highest BCUT2D eigenvalue weighted by Gasteiger charge is 2.08. The van der Waals surface area contributed by atoms with Crippen LogP contribution >= 0.6 is 11.6 Å². The Morgan fingerprint density at radius 1 is 1.19 bits per heavy atom. The molecule has 0 saturated carbocycles. The first-order valence-electron chi connectivity index (χ1n) is 5.35. The van der Waals surface area contributed by atoms with Gasteiger partial charge in [0.25, 0.3) is 0 Å². The summed E-state index contributed by atoms with van der Waals surface area (Å²) in [5, 5.41) is 0.828. The van der Waals surface area contributed by atoms with Gasteiger partial charge in [0, 0.05) is 6.20 Å². The van der Waals surface area contributed by atoms with E-state index in [1.54, 1.807) is 6.20 Å². The van der Waals surface area contributed by atoms with Gasteiger partial charge in [-0.3, -0.25) is 0 Å². The lowest BCUT2D eigenvalue weighted by atomic mass is 10.3. The van der Waals surface area contributed by atoms with Gasteiger partial charge in [0.05, 0.1) is 5.39 Å². The van der Waals surface area contributed by atoms with Gasteiger partial charge in [-0.25, -0.2) is 0 Å². The van der Waals surface area contributed by atoms with Crippen LogP contribution in [0.3, 0.4) is 0 Å². The average molecular weight is 246 g/mol. The SMILES string of the molecule is CC.CC.Cc1c[nH]c2nc(F)nc(Cl)c12. The van der Waals surface area contributed by atoms with E-state index in [0.717, 1.165) is 5.56 Å². The van der Waals surface area contributed by atoms with Crippen LogP contribution < -0.4 is 0 Å². The predicted octanol–water partition coefficient (Wildman–Crippen LogP) is 4.11. The van der Waals surface area contributed by atoms with Crippen molar-refractivity contribution in [1.29, 1.82) is 0 Å². The summed E-state index contributed by atoms with van der Waals surface area (Å²) in [4.78, 5) is 9.74. The van der Waals surface area contributed by atoms with Gasteiger partial charge in [0.2, 0.25) is 0 Å². The molecule has 0 aliphatic heterocycles. The van der Waals surface area contributed by atoms with E-state index < -0.39 is 6.08 Å². The molecule has 0 aromatic carbocycles. The van der Waals surface area contributed by atoms with Crippen LogP contribution in [0.25, 0.3) is 11.0 Å². The highest BCUT2D eigenvalue weighted by atomic mass is 35.5. The number of rotatable bonds is 0. The number of aryl methyl sites for hydroxylation is 1. The van der Waals surface area contributed by atoms with E-state index in [1.165, 1.54) is 0 Å². The topological polar surface area (TPSA) is 41.6 Å². The quantitative estimate of drug-likeness (QED) is 0.561. The second kappa shape index (κ2) is 7.17. The maximum atomic E-state index is 12.6. The van der Waals surface area contributed by atoms with E-state index >= 15 is 0 Å². The molecule has 0 amide bonds. The largest absolute Gasteiger partial charge is 0.346 e. The van der Waals surface area contributed by atoms with Crippen molar-refractivity contribution in [2.45, 2.75) is 34.6 Å². The van der Waals surface area contributed by atoms with Gasteiger partial charge in [-0.15, -0.1) is 0 Å². The Balaban J connectivity index is 0.000000509. The molecule has 0 radical (unpaired) electrons. The van der Waals surface area contributed by atoms with Crippen molar-refractivity contribution in [1.82, 2.24) is 15.0 Å². The molecule has 16 heavy (non-hydrogen) atoms. The maximum Gasteiger partial charge on any atom is 0.312 e. The molecule has 3 nitrogen and oxygen atoms in total. The number of aromatic amines is 1. The summed E-state index contributed by atoms with van der Waals surface area (Å²) < 4.78 is 12.6. The Bertz CT molecular complexity index is 440. The molecule has 0 unspecified atom stereocenters. The van der Waals surface area contributed by atoms with E-state index in [2.05, 4.69) is 15.0 Å². The molecule has 0 bridgehead atoms. The summed E-state index contributed by atoms with van der Waals surface area (Å²) in [6.45, 7) is 9.85. The molecule has 0 saturated heterocycles. The Morgan fingerprint density at radius 3 is 2.31 bits per heavy atom. The second-order valence-corrected chi connectivity index (χ2v) is 2.84. The number of hydrogen-bond acceptors (Lipinski definition) is 2. The van der Waals surface area contributed by atoms with Crippen molar-refractivity contribution in [3.8, 4) is 0 Å². The third kappa shape index (κ3) is 3.17. The molecule has 5 heteroatoms. The van der Waals surface area contributed by atoms with Crippen LogP contribution in [0.5, 0.6) is 0 Å². The van der Waals surface area contributed by atoms with Crippen molar-refractivity contribution in [2.24, 2.45) is 0 Å². The molecule has 2 rings (SSSR count). The first-order chi connectivity index (χ1) is 7.68. The van der Waals surface area contributed by atoms with E-state index in [-0.39, 0.29) is 5.15 Å². The minimum absolute atomic E-state index is 0.149. The van der Waals surface area contributed by atoms with E-state index in [0.29, 0.717) is 11.0 Å². The van der Waals surface area contributed by atoms with Crippen molar-refractivity contribution >= 4 is 22.6 Å². The van der Waals surface area contributed by atoms with Gasteiger partial charge in [0.1, 0.15) is 10.8 Å². The first kappa shape index (κ1) is 14.8. The lowest BCUT2D eigenvalue weighted by Crippen LogP contribution is -1.90. The van der Waals surface area contributed by atoms with Crippen LogP contribution in [-0.4, -0.2) is 15.0 Å². The number of hydrogen-bond donors (Lipinski definition) is 1.